The zero-order chi connectivity index (χ0) is 18.8. The molecule has 0 N–H and O–H groups in total. The van der Waals surface area contributed by atoms with Crippen LogP contribution in [0.15, 0.2) is 72.8 Å². The lowest BCUT2D eigenvalue weighted by Gasteiger charge is -2.09. The molecule has 3 aromatic carbocycles. The van der Waals surface area contributed by atoms with E-state index in [0.717, 1.165) is 33.4 Å². The molecule has 1 aromatic heterocycles. The van der Waals surface area contributed by atoms with E-state index < -0.39 is 0 Å². The molecule has 1 heterocycles. The van der Waals surface area contributed by atoms with Crippen LogP contribution in [0.1, 0.15) is 27.3 Å². The fraction of sp³-hybridized carbons (Fsp3) is 0.130. The fourth-order valence-electron chi connectivity index (χ4n) is 3.27. The minimum atomic E-state index is -0.331. The van der Waals surface area contributed by atoms with Crippen molar-refractivity contribution in [1.29, 1.82) is 0 Å². The van der Waals surface area contributed by atoms with Gasteiger partial charge in [-0.3, -0.25) is 0 Å². The highest BCUT2D eigenvalue weighted by atomic mass is 16.5. The molecule has 0 amide bonds. The van der Waals surface area contributed by atoms with Crippen molar-refractivity contribution in [2.45, 2.75) is 20.5 Å². The Morgan fingerprint density at radius 1 is 0.963 bits per heavy atom. The Balaban J connectivity index is 1.49. The number of ether oxygens (including phenoxy) is 1. The molecule has 0 aliphatic rings. The maximum atomic E-state index is 12.4. The predicted molar refractivity (Wildman–Crippen MR) is 106 cm³/mol. The van der Waals surface area contributed by atoms with Crippen molar-refractivity contribution in [3.05, 3.63) is 95.3 Å². The number of aryl methyl sites for hydroxylation is 2. The number of rotatable bonds is 4. The first-order chi connectivity index (χ1) is 13.1. The number of nitrogens with zero attached hydrogens (tertiary/aromatic N) is 2. The van der Waals surface area contributed by atoms with Crippen LogP contribution in [0.25, 0.3) is 16.5 Å². The van der Waals surface area contributed by atoms with Gasteiger partial charge >= 0.3 is 5.97 Å². The van der Waals surface area contributed by atoms with Gasteiger partial charge in [0.25, 0.3) is 0 Å². The van der Waals surface area contributed by atoms with Crippen LogP contribution in [0.5, 0.6) is 0 Å². The molecule has 0 saturated carbocycles. The van der Waals surface area contributed by atoms with Gasteiger partial charge in [-0.1, -0.05) is 42.5 Å². The lowest BCUT2D eigenvalue weighted by molar-refractivity contribution is 0.0474. The van der Waals surface area contributed by atoms with Gasteiger partial charge in [-0.05, 0) is 60.5 Å². The van der Waals surface area contributed by atoms with Gasteiger partial charge in [-0.25, -0.2) is 9.48 Å². The number of fused-ring (bicyclic) bond motifs is 1. The average Bonchev–Trinajstić information content (AvgIpc) is 3.04. The highest BCUT2D eigenvalue weighted by Crippen LogP contribution is 2.20. The molecule has 4 aromatic rings. The third kappa shape index (κ3) is 3.47. The second-order valence-electron chi connectivity index (χ2n) is 6.60. The lowest BCUT2D eigenvalue weighted by atomic mass is 10.1. The zero-order valence-corrected chi connectivity index (χ0v) is 15.3. The Morgan fingerprint density at radius 3 is 2.44 bits per heavy atom. The second kappa shape index (κ2) is 7.08. The van der Waals surface area contributed by atoms with Crippen LogP contribution in [-0.4, -0.2) is 15.7 Å². The van der Waals surface area contributed by atoms with E-state index in [1.807, 2.05) is 67.1 Å². The summed E-state index contributed by atoms with van der Waals surface area (Å²) in [4.78, 5) is 12.4. The largest absolute Gasteiger partial charge is 0.457 e. The average molecular weight is 356 g/mol. The third-order valence-electron chi connectivity index (χ3n) is 4.60. The Labute approximate surface area is 158 Å². The predicted octanol–water partition coefficient (Wildman–Crippen LogP) is 5.00. The summed E-state index contributed by atoms with van der Waals surface area (Å²) in [7, 11) is 0. The molecule has 0 fully saturated rings. The molecular formula is C23H20N2O2. The van der Waals surface area contributed by atoms with E-state index in [4.69, 9.17) is 4.74 Å². The monoisotopic (exact) mass is 356 g/mol. The Morgan fingerprint density at radius 2 is 1.70 bits per heavy atom. The molecule has 27 heavy (non-hydrogen) atoms. The van der Waals surface area contributed by atoms with Crippen LogP contribution in [-0.2, 0) is 11.3 Å². The zero-order valence-electron chi connectivity index (χ0n) is 15.3. The summed E-state index contributed by atoms with van der Waals surface area (Å²) < 4.78 is 7.40. The second-order valence-corrected chi connectivity index (χ2v) is 6.60. The molecule has 4 nitrogen and oxygen atoms in total. The molecule has 0 aliphatic heterocycles. The maximum Gasteiger partial charge on any atom is 0.338 e. The molecule has 0 unspecified atom stereocenters. The van der Waals surface area contributed by atoms with Gasteiger partial charge in [0.1, 0.15) is 6.61 Å². The number of benzene rings is 3. The van der Waals surface area contributed by atoms with E-state index >= 15 is 0 Å². The van der Waals surface area contributed by atoms with Crippen LogP contribution in [0.3, 0.4) is 0 Å². The van der Waals surface area contributed by atoms with E-state index in [-0.39, 0.29) is 12.6 Å². The maximum absolute atomic E-state index is 12.4. The summed E-state index contributed by atoms with van der Waals surface area (Å²) >= 11 is 0. The number of carbonyl (C=O) groups excluding carboxylic acids is 1. The van der Waals surface area contributed by atoms with E-state index in [0.29, 0.717) is 5.56 Å². The summed E-state index contributed by atoms with van der Waals surface area (Å²) in [6.45, 7) is 4.22. The first-order valence-electron chi connectivity index (χ1n) is 8.89. The number of esters is 1. The SMILES string of the molecule is Cc1cc(C)n(-c2ccc(C(=O)OCc3cccc4ccccc34)cc2)n1. The molecule has 0 bridgehead atoms. The summed E-state index contributed by atoms with van der Waals surface area (Å²) in [6, 6.07) is 23.4. The minimum Gasteiger partial charge on any atom is -0.457 e. The van der Waals surface area contributed by atoms with E-state index in [9.17, 15) is 4.79 Å². The van der Waals surface area contributed by atoms with Crippen molar-refractivity contribution in [3.8, 4) is 5.69 Å². The highest BCUT2D eigenvalue weighted by molar-refractivity contribution is 5.90. The topological polar surface area (TPSA) is 44.1 Å². The van der Waals surface area contributed by atoms with Gasteiger partial charge in [0.15, 0.2) is 0 Å². The van der Waals surface area contributed by atoms with Crippen molar-refractivity contribution in [1.82, 2.24) is 9.78 Å². The molecular weight excluding hydrogens is 336 g/mol. The Kier molecular flexibility index (Phi) is 4.47. The number of carbonyl (C=O) groups is 1. The first kappa shape index (κ1) is 17.0. The molecule has 0 radical (unpaired) electrons. The fourth-order valence-corrected chi connectivity index (χ4v) is 3.27. The van der Waals surface area contributed by atoms with E-state index in [1.54, 1.807) is 12.1 Å². The number of aromatic nitrogens is 2. The van der Waals surface area contributed by atoms with Gasteiger partial charge in [-0.15, -0.1) is 0 Å². The third-order valence-corrected chi connectivity index (χ3v) is 4.60. The minimum absolute atomic E-state index is 0.249. The summed E-state index contributed by atoms with van der Waals surface area (Å²) in [5, 5.41) is 6.70. The van der Waals surface area contributed by atoms with Crippen molar-refractivity contribution < 1.29 is 9.53 Å². The molecule has 134 valence electrons. The van der Waals surface area contributed by atoms with Crippen molar-refractivity contribution in [2.75, 3.05) is 0 Å². The smallest absolute Gasteiger partial charge is 0.338 e. The molecule has 0 saturated heterocycles. The van der Waals surface area contributed by atoms with Gasteiger partial charge in [0.05, 0.1) is 16.9 Å². The lowest BCUT2D eigenvalue weighted by Crippen LogP contribution is -2.06. The standard InChI is InChI=1S/C23H20N2O2/c1-16-14-17(2)25(24-16)21-12-10-19(11-13-21)23(26)27-15-20-8-5-7-18-6-3-4-9-22(18)20/h3-14H,15H2,1-2H3. The van der Waals surface area contributed by atoms with Gasteiger partial charge in [0.2, 0.25) is 0 Å². The molecule has 0 spiro atoms. The molecule has 0 atom stereocenters. The van der Waals surface area contributed by atoms with Crippen LogP contribution in [0, 0.1) is 13.8 Å². The normalized spacial score (nSPS) is 10.9. The van der Waals surface area contributed by atoms with Gasteiger partial charge in [-0.2, -0.15) is 5.10 Å². The Bertz CT molecular complexity index is 1110. The van der Waals surface area contributed by atoms with Crippen LogP contribution >= 0.6 is 0 Å². The Hall–Kier alpha value is -3.40. The summed E-state index contributed by atoms with van der Waals surface area (Å²) in [6.07, 6.45) is 0. The number of hydrogen-bond acceptors (Lipinski definition) is 3. The van der Waals surface area contributed by atoms with Crippen LogP contribution in [0.2, 0.25) is 0 Å². The van der Waals surface area contributed by atoms with Crippen molar-refractivity contribution in [3.63, 3.8) is 0 Å². The summed E-state index contributed by atoms with van der Waals surface area (Å²) in [5.74, 6) is -0.331. The van der Waals surface area contributed by atoms with Gasteiger partial charge in [0, 0.05) is 5.69 Å². The van der Waals surface area contributed by atoms with E-state index in [2.05, 4.69) is 17.2 Å². The van der Waals surface area contributed by atoms with E-state index in [1.165, 1.54) is 0 Å². The quantitative estimate of drug-likeness (QED) is 0.483. The molecule has 0 aliphatic carbocycles. The highest BCUT2D eigenvalue weighted by Gasteiger charge is 2.10. The molecule has 4 rings (SSSR count). The first-order valence-corrected chi connectivity index (χ1v) is 8.89. The van der Waals surface area contributed by atoms with Crippen molar-refractivity contribution >= 4 is 16.7 Å². The molecule has 4 heteroatoms. The van der Waals surface area contributed by atoms with Crippen LogP contribution in [0.4, 0.5) is 0 Å². The summed E-state index contributed by atoms with van der Waals surface area (Å²) in [5.41, 5.74) is 4.47. The number of hydrogen-bond donors (Lipinski definition) is 0. The van der Waals surface area contributed by atoms with Gasteiger partial charge < -0.3 is 4.74 Å². The van der Waals surface area contributed by atoms with Crippen LogP contribution < -0.4 is 0 Å². The van der Waals surface area contributed by atoms with Crippen molar-refractivity contribution in [2.24, 2.45) is 0 Å².